The van der Waals surface area contributed by atoms with Crippen molar-refractivity contribution in [1.82, 2.24) is 10.2 Å². The van der Waals surface area contributed by atoms with Crippen LogP contribution in [0.1, 0.15) is 25.3 Å². The molecule has 1 aliphatic heterocycles. The molecule has 98 valence electrons. The third-order valence-corrected chi connectivity index (χ3v) is 3.31. The monoisotopic (exact) mass is 248 g/mol. The van der Waals surface area contributed by atoms with Crippen molar-refractivity contribution in [2.45, 2.75) is 32.4 Å². The second-order valence-electron chi connectivity index (χ2n) is 4.92. The third kappa shape index (κ3) is 3.74. The van der Waals surface area contributed by atoms with E-state index in [4.69, 9.17) is 0 Å². The number of phenols is 1. The molecule has 4 nitrogen and oxygen atoms in total. The first-order valence-electron chi connectivity index (χ1n) is 6.41. The van der Waals surface area contributed by atoms with Crippen LogP contribution in [0.25, 0.3) is 0 Å². The van der Waals surface area contributed by atoms with Crippen LogP contribution in [0.2, 0.25) is 0 Å². The number of hydrogen-bond acceptors (Lipinski definition) is 3. The van der Waals surface area contributed by atoms with Gasteiger partial charge in [-0.3, -0.25) is 9.69 Å². The van der Waals surface area contributed by atoms with E-state index in [2.05, 4.69) is 10.2 Å². The van der Waals surface area contributed by atoms with E-state index in [1.54, 1.807) is 19.1 Å². The lowest BCUT2D eigenvalue weighted by molar-refractivity contribution is -0.119. The number of likely N-dealkylation sites (tertiary alicyclic amines) is 1. The van der Waals surface area contributed by atoms with Crippen LogP contribution >= 0.6 is 0 Å². The third-order valence-electron chi connectivity index (χ3n) is 3.31. The van der Waals surface area contributed by atoms with E-state index in [1.165, 1.54) is 0 Å². The maximum Gasteiger partial charge on any atom is 0.217 e. The van der Waals surface area contributed by atoms with Crippen LogP contribution < -0.4 is 5.32 Å². The fraction of sp³-hybridized carbons (Fsp3) is 0.500. The highest BCUT2D eigenvalue weighted by Gasteiger charge is 2.19. The normalized spacial score (nSPS) is 17.6. The van der Waals surface area contributed by atoms with Gasteiger partial charge in [-0.15, -0.1) is 0 Å². The average Bonchev–Trinajstić information content (AvgIpc) is 2.31. The molecule has 2 rings (SSSR count). The van der Waals surface area contributed by atoms with Crippen LogP contribution in [0.15, 0.2) is 24.3 Å². The summed E-state index contributed by atoms with van der Waals surface area (Å²) in [4.78, 5) is 13.3. The predicted octanol–water partition coefficient (Wildman–Crippen LogP) is 1.49. The molecule has 0 aromatic heterocycles. The van der Waals surface area contributed by atoms with Crippen molar-refractivity contribution in [3.8, 4) is 5.75 Å². The van der Waals surface area contributed by atoms with Crippen molar-refractivity contribution in [3.05, 3.63) is 29.8 Å². The zero-order valence-electron chi connectivity index (χ0n) is 10.7. The number of carbonyl (C=O) groups excluding carboxylic acids is 1. The highest BCUT2D eigenvalue weighted by Crippen LogP contribution is 2.16. The lowest BCUT2D eigenvalue weighted by atomic mass is 10.0. The first-order chi connectivity index (χ1) is 8.63. The van der Waals surface area contributed by atoms with Crippen molar-refractivity contribution < 1.29 is 9.90 Å². The van der Waals surface area contributed by atoms with E-state index in [9.17, 15) is 9.90 Å². The van der Waals surface area contributed by atoms with Gasteiger partial charge in [-0.2, -0.15) is 0 Å². The summed E-state index contributed by atoms with van der Waals surface area (Å²) < 4.78 is 0. The number of hydrogen-bond donors (Lipinski definition) is 2. The Labute approximate surface area is 108 Å². The van der Waals surface area contributed by atoms with Crippen molar-refractivity contribution in [1.29, 1.82) is 0 Å². The van der Waals surface area contributed by atoms with Crippen molar-refractivity contribution in [2.24, 2.45) is 0 Å². The van der Waals surface area contributed by atoms with Crippen molar-refractivity contribution >= 4 is 5.91 Å². The Balaban J connectivity index is 1.81. The number of aromatic hydroxyl groups is 1. The Morgan fingerprint density at radius 3 is 2.78 bits per heavy atom. The molecule has 1 aliphatic rings. The Kier molecular flexibility index (Phi) is 4.20. The van der Waals surface area contributed by atoms with E-state index in [0.29, 0.717) is 11.8 Å². The molecule has 18 heavy (non-hydrogen) atoms. The number of nitrogens with one attached hydrogen (secondary N) is 1. The lowest BCUT2D eigenvalue weighted by Gasteiger charge is -2.32. The molecule has 2 N–H and O–H groups in total. The van der Waals surface area contributed by atoms with Gasteiger partial charge in [-0.05, 0) is 30.5 Å². The Morgan fingerprint density at radius 1 is 1.44 bits per heavy atom. The number of nitrogens with zero attached hydrogens (tertiary/aromatic N) is 1. The van der Waals surface area contributed by atoms with Gasteiger partial charge < -0.3 is 10.4 Å². The summed E-state index contributed by atoms with van der Waals surface area (Å²) in [5.74, 6) is 0.377. The van der Waals surface area contributed by atoms with Gasteiger partial charge in [0.2, 0.25) is 5.91 Å². The topological polar surface area (TPSA) is 52.6 Å². The molecular formula is C14H20N2O2. The molecule has 0 aliphatic carbocycles. The maximum absolute atomic E-state index is 11.0. The van der Waals surface area contributed by atoms with Crippen LogP contribution in [0, 0.1) is 0 Å². The first-order valence-corrected chi connectivity index (χ1v) is 6.41. The molecular weight excluding hydrogens is 228 g/mol. The summed E-state index contributed by atoms with van der Waals surface area (Å²) in [6.07, 6.45) is 2.00. The first kappa shape index (κ1) is 12.9. The van der Waals surface area contributed by atoms with Gasteiger partial charge in [0.15, 0.2) is 0 Å². The van der Waals surface area contributed by atoms with Crippen molar-refractivity contribution in [3.63, 3.8) is 0 Å². The number of benzene rings is 1. The molecule has 1 aromatic carbocycles. The number of rotatable bonds is 3. The summed E-state index contributed by atoms with van der Waals surface area (Å²) in [6.45, 7) is 4.40. The minimum atomic E-state index is 0.0569. The molecule has 0 radical (unpaired) electrons. The van der Waals surface area contributed by atoms with E-state index in [-0.39, 0.29) is 5.91 Å². The minimum Gasteiger partial charge on any atom is -0.508 e. The lowest BCUT2D eigenvalue weighted by Crippen LogP contribution is -2.43. The van der Waals surface area contributed by atoms with Gasteiger partial charge in [0, 0.05) is 32.6 Å². The Hall–Kier alpha value is -1.55. The van der Waals surface area contributed by atoms with Crippen LogP contribution in [-0.2, 0) is 11.3 Å². The quantitative estimate of drug-likeness (QED) is 0.852. The average molecular weight is 248 g/mol. The summed E-state index contributed by atoms with van der Waals surface area (Å²) in [5, 5.41) is 12.4. The highest BCUT2D eigenvalue weighted by atomic mass is 16.3. The number of amides is 1. The molecule has 0 spiro atoms. The molecule has 0 unspecified atom stereocenters. The maximum atomic E-state index is 11.0. The molecule has 0 atom stereocenters. The molecule has 0 bridgehead atoms. The molecule has 1 saturated heterocycles. The molecule has 1 aromatic rings. The van der Waals surface area contributed by atoms with Gasteiger partial charge in [-0.25, -0.2) is 0 Å². The largest absolute Gasteiger partial charge is 0.508 e. The van der Waals surface area contributed by atoms with Crippen LogP contribution in [-0.4, -0.2) is 35.0 Å². The zero-order valence-corrected chi connectivity index (χ0v) is 10.7. The molecule has 1 amide bonds. The number of carbonyl (C=O) groups is 1. The summed E-state index contributed by atoms with van der Waals surface area (Å²) in [7, 11) is 0. The molecule has 0 saturated carbocycles. The predicted molar refractivity (Wildman–Crippen MR) is 70.2 cm³/mol. The van der Waals surface area contributed by atoms with Crippen LogP contribution in [0.3, 0.4) is 0 Å². The standard InChI is InChI=1S/C14H20N2O2/c1-11(17)15-13-5-7-16(8-6-13)10-12-3-2-4-14(18)9-12/h2-4,9,13,18H,5-8,10H2,1H3,(H,15,17). The van der Waals surface area contributed by atoms with Gasteiger partial charge in [0.05, 0.1) is 0 Å². The number of phenolic OH excluding ortho intramolecular Hbond substituents is 1. The Morgan fingerprint density at radius 2 is 2.17 bits per heavy atom. The van der Waals surface area contributed by atoms with E-state index in [0.717, 1.165) is 38.0 Å². The molecule has 1 heterocycles. The molecule has 4 heteroatoms. The van der Waals surface area contributed by atoms with Crippen LogP contribution in [0.4, 0.5) is 0 Å². The fourth-order valence-corrected chi connectivity index (χ4v) is 2.44. The molecule has 1 fully saturated rings. The van der Waals surface area contributed by atoms with E-state index >= 15 is 0 Å². The van der Waals surface area contributed by atoms with Gasteiger partial charge in [-0.1, -0.05) is 12.1 Å². The zero-order chi connectivity index (χ0) is 13.0. The second-order valence-corrected chi connectivity index (χ2v) is 4.92. The SMILES string of the molecule is CC(=O)NC1CCN(Cc2cccc(O)c2)CC1. The van der Waals surface area contributed by atoms with Gasteiger partial charge >= 0.3 is 0 Å². The number of piperidine rings is 1. The van der Waals surface area contributed by atoms with Gasteiger partial charge in [0.1, 0.15) is 5.75 Å². The van der Waals surface area contributed by atoms with Gasteiger partial charge in [0.25, 0.3) is 0 Å². The second kappa shape index (κ2) is 5.87. The van der Waals surface area contributed by atoms with E-state index in [1.807, 2.05) is 12.1 Å². The van der Waals surface area contributed by atoms with Crippen molar-refractivity contribution in [2.75, 3.05) is 13.1 Å². The fourth-order valence-electron chi connectivity index (χ4n) is 2.44. The Bertz CT molecular complexity index is 412. The summed E-state index contributed by atoms with van der Waals surface area (Å²) in [5.41, 5.74) is 1.13. The smallest absolute Gasteiger partial charge is 0.217 e. The van der Waals surface area contributed by atoms with Crippen LogP contribution in [0.5, 0.6) is 5.75 Å². The van der Waals surface area contributed by atoms with E-state index < -0.39 is 0 Å². The summed E-state index contributed by atoms with van der Waals surface area (Å²) >= 11 is 0. The summed E-state index contributed by atoms with van der Waals surface area (Å²) in [6, 6.07) is 7.71. The highest BCUT2D eigenvalue weighted by molar-refractivity contribution is 5.73. The minimum absolute atomic E-state index is 0.0569.